The molecule has 1 atom stereocenters. The van der Waals surface area contributed by atoms with Gasteiger partial charge in [-0.1, -0.05) is 72.8 Å². The Labute approximate surface area is 350 Å². The first-order valence-corrected chi connectivity index (χ1v) is 18.6. The van der Waals surface area contributed by atoms with Gasteiger partial charge in [-0.3, -0.25) is 20.2 Å². The van der Waals surface area contributed by atoms with Crippen molar-refractivity contribution in [3.63, 3.8) is 0 Å². The highest BCUT2D eigenvalue weighted by Crippen LogP contribution is 2.41. The summed E-state index contributed by atoms with van der Waals surface area (Å²) in [6, 6.07) is 20.9. The third kappa shape index (κ3) is 11.7. The average Bonchev–Trinajstić information content (AvgIpc) is 3.21. The van der Waals surface area contributed by atoms with Gasteiger partial charge in [0.15, 0.2) is 0 Å². The maximum atomic E-state index is 13.3. The van der Waals surface area contributed by atoms with Crippen LogP contribution in [0.1, 0.15) is 56.2 Å². The maximum absolute atomic E-state index is 13.3. The Kier molecular flexibility index (Phi) is 16.1. The van der Waals surface area contributed by atoms with E-state index in [9.17, 15) is 49.6 Å². The van der Waals surface area contributed by atoms with Gasteiger partial charge in [-0.15, -0.1) is 0 Å². The number of non-ortho nitro benzene ring substituents is 2. The first kappa shape index (κ1) is 46.0. The number of hydrogen-bond donors (Lipinski definition) is 4. The number of methoxy groups -OCH3 is 1. The lowest BCUT2D eigenvalue weighted by Crippen LogP contribution is -2.32. The summed E-state index contributed by atoms with van der Waals surface area (Å²) in [7, 11) is 1.48. The Hall–Kier alpha value is -7.66. The van der Waals surface area contributed by atoms with Crippen LogP contribution in [0.15, 0.2) is 142 Å². The molecule has 0 fully saturated rings. The molecule has 2 aliphatic heterocycles. The minimum Gasteiger partial charge on any atom is -0.478 e. The Bertz CT molecular complexity index is 2360. The van der Waals surface area contributed by atoms with Gasteiger partial charge in [0.2, 0.25) is 0 Å². The van der Waals surface area contributed by atoms with Crippen molar-refractivity contribution in [3.05, 3.63) is 179 Å². The van der Waals surface area contributed by atoms with Gasteiger partial charge in [0.1, 0.15) is 13.2 Å². The molecule has 0 radical (unpaired) electrons. The van der Waals surface area contributed by atoms with E-state index in [0.29, 0.717) is 28.4 Å². The number of carboxylic acids is 2. The largest absolute Gasteiger partial charge is 0.478 e. The Morgan fingerprint density at radius 2 is 1.10 bits per heavy atom. The van der Waals surface area contributed by atoms with Crippen molar-refractivity contribution < 1.29 is 53.4 Å². The first-order valence-electron chi connectivity index (χ1n) is 18.6. The SMILES string of the molecule is CC1=C(C(=O)O)C(c2cccc([N+](=O)[O-])c2)C(C(=O)O)=C(C)N1.COCCOC(=O)C1=C(C)NC(C)=C(C(=O)OC/C=C/C=C/c2ccccc2)C1c1cccc([N+](=O)[O-])c1. The molecule has 2 heterocycles. The van der Waals surface area contributed by atoms with Crippen LogP contribution in [0.2, 0.25) is 0 Å². The number of benzene rings is 3. The number of esters is 2. The maximum Gasteiger partial charge on any atom is 0.337 e. The number of carbonyl (C=O) groups is 4. The van der Waals surface area contributed by atoms with Crippen molar-refractivity contribution in [1.82, 2.24) is 10.6 Å². The third-order valence-corrected chi connectivity index (χ3v) is 9.42. The molecule has 17 heteroatoms. The van der Waals surface area contributed by atoms with Gasteiger partial charge in [0, 0.05) is 54.2 Å². The second kappa shape index (κ2) is 21.4. The molecule has 3 aromatic rings. The number of rotatable bonds is 15. The van der Waals surface area contributed by atoms with Gasteiger partial charge < -0.3 is 35.1 Å². The van der Waals surface area contributed by atoms with E-state index in [-0.39, 0.29) is 59.1 Å². The Morgan fingerprint density at radius 3 is 1.56 bits per heavy atom. The topological polar surface area (TPSA) is 247 Å². The molecule has 4 N–H and O–H groups in total. The Balaban J connectivity index is 0.000000303. The number of allylic oxidation sites excluding steroid dienone is 6. The molecule has 0 spiro atoms. The van der Waals surface area contributed by atoms with E-state index in [0.717, 1.165) is 5.56 Å². The second-order valence-corrected chi connectivity index (χ2v) is 13.5. The molecule has 0 amide bonds. The minimum atomic E-state index is -1.28. The zero-order valence-electron chi connectivity index (χ0n) is 33.9. The molecule has 61 heavy (non-hydrogen) atoms. The molecule has 5 rings (SSSR count). The number of nitro benzene ring substituents is 2. The van der Waals surface area contributed by atoms with Crippen molar-refractivity contribution in [1.29, 1.82) is 0 Å². The van der Waals surface area contributed by atoms with Gasteiger partial charge in [-0.25, -0.2) is 19.2 Å². The highest BCUT2D eigenvalue weighted by molar-refractivity contribution is 6.00. The number of carboxylic acid groups (broad SMARTS) is 2. The average molecular weight is 837 g/mol. The first-order chi connectivity index (χ1) is 29.1. The summed E-state index contributed by atoms with van der Waals surface area (Å²) in [6.07, 6.45) is 7.21. The summed E-state index contributed by atoms with van der Waals surface area (Å²) in [4.78, 5) is 70.8. The number of nitrogens with one attached hydrogen (secondary N) is 2. The fourth-order valence-corrected chi connectivity index (χ4v) is 6.76. The van der Waals surface area contributed by atoms with Crippen LogP contribution in [-0.2, 0) is 33.4 Å². The quantitative estimate of drug-likeness (QED) is 0.0403. The highest BCUT2D eigenvalue weighted by atomic mass is 16.6. The molecule has 0 bridgehead atoms. The van der Waals surface area contributed by atoms with Gasteiger partial charge in [-0.2, -0.15) is 0 Å². The summed E-state index contributed by atoms with van der Waals surface area (Å²) in [5, 5.41) is 47.1. The van der Waals surface area contributed by atoms with Crippen LogP contribution >= 0.6 is 0 Å². The van der Waals surface area contributed by atoms with E-state index in [1.54, 1.807) is 32.1 Å². The summed E-state index contributed by atoms with van der Waals surface area (Å²) in [6.45, 7) is 6.62. The van der Waals surface area contributed by atoms with E-state index in [1.165, 1.54) is 63.4 Å². The van der Waals surface area contributed by atoms with Crippen molar-refractivity contribution in [2.45, 2.75) is 39.5 Å². The van der Waals surface area contributed by atoms with E-state index in [1.807, 2.05) is 42.5 Å². The van der Waals surface area contributed by atoms with Crippen LogP contribution in [0.3, 0.4) is 0 Å². The zero-order chi connectivity index (χ0) is 44.8. The normalized spacial score (nSPS) is 15.5. The fraction of sp³-hybridized carbons (Fsp3) is 0.227. The number of carbonyl (C=O) groups excluding carboxylic acids is 2. The number of nitrogens with zero attached hydrogens (tertiary/aromatic N) is 2. The molecule has 0 saturated carbocycles. The molecule has 1 unspecified atom stereocenters. The second-order valence-electron chi connectivity index (χ2n) is 13.5. The van der Waals surface area contributed by atoms with Crippen LogP contribution in [0.25, 0.3) is 6.08 Å². The number of ether oxygens (including phenoxy) is 3. The number of hydrogen-bond acceptors (Lipinski definition) is 13. The molecular formula is C44H44N4O13. The molecule has 2 aliphatic rings. The van der Waals surface area contributed by atoms with Gasteiger partial charge in [-0.05, 0) is 50.5 Å². The molecule has 17 nitrogen and oxygen atoms in total. The van der Waals surface area contributed by atoms with Crippen molar-refractivity contribution >= 4 is 41.3 Å². The molecule has 0 aliphatic carbocycles. The predicted molar refractivity (Wildman–Crippen MR) is 222 cm³/mol. The summed E-state index contributed by atoms with van der Waals surface area (Å²) in [5.74, 6) is -5.90. The third-order valence-electron chi connectivity index (χ3n) is 9.42. The van der Waals surface area contributed by atoms with E-state index < -0.39 is 45.6 Å². The highest BCUT2D eigenvalue weighted by Gasteiger charge is 2.39. The summed E-state index contributed by atoms with van der Waals surface area (Å²) in [5.41, 5.74) is 2.89. The van der Waals surface area contributed by atoms with Gasteiger partial charge in [0.25, 0.3) is 11.4 Å². The van der Waals surface area contributed by atoms with Crippen molar-refractivity contribution in [2.24, 2.45) is 0 Å². The standard InChI is InChI=1S/C29H30N2O7.C15H14N2O6/c1-20-25(28(32)37-16-9-5-8-13-22-11-6-4-7-12-22)27(23-14-10-15-24(19-23)31(34)35)26(21(2)30-20)29(33)38-18-17-36-3;1-7-11(14(18)19)13(12(15(20)21)8(2)16-7)9-4-3-5-10(6-9)17(22)23/h4-15,19,27,30H,16-18H2,1-3H3;3-6,13,16H,1-2H3,(H,18,19)(H,20,21)/b9-5+,13-8+;. The summed E-state index contributed by atoms with van der Waals surface area (Å²) < 4.78 is 15.8. The van der Waals surface area contributed by atoms with Crippen LogP contribution in [0.4, 0.5) is 11.4 Å². The van der Waals surface area contributed by atoms with Crippen LogP contribution in [0, 0.1) is 20.2 Å². The minimum absolute atomic E-state index is 0.00723. The number of nitro groups is 2. The smallest absolute Gasteiger partial charge is 0.337 e. The lowest BCUT2D eigenvalue weighted by atomic mass is 9.80. The summed E-state index contributed by atoms with van der Waals surface area (Å²) >= 11 is 0. The fourth-order valence-electron chi connectivity index (χ4n) is 6.76. The lowest BCUT2D eigenvalue weighted by molar-refractivity contribution is -0.385. The number of aliphatic carboxylic acids is 2. The van der Waals surface area contributed by atoms with Crippen molar-refractivity contribution in [2.75, 3.05) is 26.9 Å². The van der Waals surface area contributed by atoms with Crippen molar-refractivity contribution in [3.8, 4) is 0 Å². The predicted octanol–water partition coefficient (Wildman–Crippen LogP) is 6.83. The Morgan fingerprint density at radius 1 is 0.639 bits per heavy atom. The van der Waals surface area contributed by atoms with E-state index in [4.69, 9.17) is 14.2 Å². The van der Waals surface area contributed by atoms with Gasteiger partial charge in [0.05, 0.1) is 50.6 Å². The molecular weight excluding hydrogens is 792 g/mol. The van der Waals surface area contributed by atoms with Crippen LogP contribution in [-0.4, -0.2) is 70.9 Å². The van der Waals surface area contributed by atoms with Gasteiger partial charge >= 0.3 is 23.9 Å². The van der Waals surface area contributed by atoms with Crippen LogP contribution in [0.5, 0.6) is 0 Å². The van der Waals surface area contributed by atoms with E-state index in [2.05, 4.69) is 10.6 Å². The van der Waals surface area contributed by atoms with E-state index >= 15 is 0 Å². The van der Waals surface area contributed by atoms with Crippen LogP contribution < -0.4 is 10.6 Å². The lowest BCUT2D eigenvalue weighted by Gasteiger charge is -2.30. The molecule has 0 saturated heterocycles. The molecule has 3 aromatic carbocycles. The zero-order valence-corrected chi connectivity index (χ0v) is 33.9. The molecule has 318 valence electrons. The monoisotopic (exact) mass is 836 g/mol. The number of dihydropyridines is 2. The molecule has 0 aromatic heterocycles.